The van der Waals surface area contributed by atoms with Crippen LogP contribution in [0, 0.1) is 5.92 Å². The van der Waals surface area contributed by atoms with Crippen LogP contribution in [0.2, 0.25) is 5.02 Å². The highest BCUT2D eigenvalue weighted by molar-refractivity contribution is 6.30. The second-order valence-corrected chi connectivity index (χ2v) is 6.06. The van der Waals surface area contributed by atoms with E-state index in [2.05, 4.69) is 17.4 Å². The van der Waals surface area contributed by atoms with Crippen molar-refractivity contribution in [2.75, 3.05) is 6.54 Å². The molecule has 2 heteroatoms. The number of nitrogens with one attached hydrogen (secondary N) is 1. The first-order valence-electron chi connectivity index (χ1n) is 6.80. The van der Waals surface area contributed by atoms with Gasteiger partial charge in [-0.15, -0.1) is 0 Å². The Balaban J connectivity index is 1.42. The molecular weight excluding hydrogens is 230 g/mol. The molecule has 0 aromatic heterocycles. The summed E-state index contributed by atoms with van der Waals surface area (Å²) in [6.45, 7) is 1.25. The third-order valence-electron chi connectivity index (χ3n) is 4.40. The molecule has 0 atom stereocenters. The Morgan fingerprint density at radius 1 is 1.12 bits per heavy atom. The summed E-state index contributed by atoms with van der Waals surface area (Å²) in [4.78, 5) is 0. The van der Waals surface area contributed by atoms with E-state index in [9.17, 15) is 0 Å². The van der Waals surface area contributed by atoms with Gasteiger partial charge in [-0.05, 0) is 61.8 Å². The number of hydrogen-bond acceptors (Lipinski definition) is 1. The van der Waals surface area contributed by atoms with Gasteiger partial charge in [0.1, 0.15) is 0 Å². The molecule has 0 heterocycles. The van der Waals surface area contributed by atoms with Crippen LogP contribution >= 0.6 is 11.6 Å². The van der Waals surface area contributed by atoms with E-state index in [4.69, 9.17) is 11.6 Å². The predicted octanol–water partition coefficient (Wildman–Crippen LogP) is 3.98. The summed E-state index contributed by atoms with van der Waals surface area (Å²) in [5, 5.41) is 4.55. The molecule has 2 aliphatic rings. The van der Waals surface area contributed by atoms with Crippen LogP contribution in [0.25, 0.3) is 0 Å². The first-order valence-corrected chi connectivity index (χ1v) is 7.18. The van der Waals surface area contributed by atoms with Crippen molar-refractivity contribution in [2.45, 2.75) is 44.1 Å². The summed E-state index contributed by atoms with van der Waals surface area (Å²) in [6.07, 6.45) is 6.94. The molecule has 1 aromatic carbocycles. The quantitative estimate of drug-likeness (QED) is 0.851. The minimum atomic E-state index is 0.756. The highest BCUT2D eigenvalue weighted by Gasteiger charge is 2.30. The molecule has 1 N–H and O–H groups in total. The van der Waals surface area contributed by atoms with Crippen molar-refractivity contribution in [2.24, 2.45) is 5.92 Å². The second kappa shape index (κ2) is 4.99. The Morgan fingerprint density at radius 2 is 1.82 bits per heavy atom. The Morgan fingerprint density at radius 3 is 2.41 bits per heavy atom. The zero-order valence-electron chi connectivity index (χ0n) is 10.2. The van der Waals surface area contributed by atoms with E-state index in [1.54, 1.807) is 0 Å². The number of hydrogen-bond donors (Lipinski definition) is 1. The molecular formula is C15H20ClN. The molecule has 0 amide bonds. The van der Waals surface area contributed by atoms with E-state index in [-0.39, 0.29) is 0 Å². The smallest absolute Gasteiger partial charge is 0.0406 e. The van der Waals surface area contributed by atoms with Crippen molar-refractivity contribution in [3.05, 3.63) is 34.9 Å². The van der Waals surface area contributed by atoms with Crippen LogP contribution in [0.4, 0.5) is 0 Å². The molecule has 0 bridgehead atoms. The molecule has 2 aliphatic carbocycles. The van der Waals surface area contributed by atoms with E-state index >= 15 is 0 Å². The first kappa shape index (κ1) is 11.6. The lowest BCUT2D eigenvalue weighted by molar-refractivity contribution is 0.237. The lowest BCUT2D eigenvalue weighted by atomic mass is 9.75. The Labute approximate surface area is 109 Å². The minimum absolute atomic E-state index is 0.756. The summed E-state index contributed by atoms with van der Waals surface area (Å²) in [5.74, 6) is 1.73. The van der Waals surface area contributed by atoms with Crippen molar-refractivity contribution < 1.29 is 0 Å². The summed E-state index contributed by atoms with van der Waals surface area (Å²) < 4.78 is 0. The van der Waals surface area contributed by atoms with Crippen LogP contribution in [0.1, 0.15) is 43.6 Å². The van der Waals surface area contributed by atoms with Crippen LogP contribution < -0.4 is 5.32 Å². The van der Waals surface area contributed by atoms with E-state index < -0.39 is 0 Å². The van der Waals surface area contributed by atoms with Crippen LogP contribution in [0.3, 0.4) is 0 Å². The largest absolute Gasteiger partial charge is 0.314 e. The molecule has 2 fully saturated rings. The van der Waals surface area contributed by atoms with E-state index in [0.29, 0.717) is 0 Å². The minimum Gasteiger partial charge on any atom is -0.314 e. The summed E-state index contributed by atoms with van der Waals surface area (Å²) in [7, 11) is 0. The standard InChI is InChI=1S/C15H20ClN/c16-14-6-4-12(5-7-14)13-8-15(9-13)17-10-11-2-1-3-11/h4-7,11,13,15,17H,1-3,8-10H2. The van der Waals surface area contributed by atoms with Crippen molar-refractivity contribution >= 4 is 11.6 Å². The number of benzene rings is 1. The molecule has 17 heavy (non-hydrogen) atoms. The Hall–Kier alpha value is -0.530. The highest BCUT2D eigenvalue weighted by atomic mass is 35.5. The zero-order chi connectivity index (χ0) is 11.7. The molecule has 0 saturated heterocycles. The van der Waals surface area contributed by atoms with Crippen molar-refractivity contribution in [1.82, 2.24) is 5.32 Å². The van der Waals surface area contributed by atoms with Gasteiger partial charge in [0.2, 0.25) is 0 Å². The number of halogens is 1. The molecule has 1 nitrogen and oxygen atoms in total. The summed E-state index contributed by atoms with van der Waals surface area (Å²) in [5.41, 5.74) is 1.45. The van der Waals surface area contributed by atoms with Gasteiger partial charge in [0.05, 0.1) is 0 Å². The van der Waals surface area contributed by atoms with Gasteiger partial charge in [0, 0.05) is 11.1 Å². The second-order valence-electron chi connectivity index (χ2n) is 5.62. The maximum absolute atomic E-state index is 5.90. The fourth-order valence-corrected chi connectivity index (χ4v) is 2.95. The zero-order valence-corrected chi connectivity index (χ0v) is 10.9. The SMILES string of the molecule is Clc1ccc(C2CC(NCC3CCC3)C2)cc1. The predicted molar refractivity (Wildman–Crippen MR) is 72.6 cm³/mol. The van der Waals surface area contributed by atoms with Gasteiger partial charge in [0.15, 0.2) is 0 Å². The molecule has 3 rings (SSSR count). The molecule has 92 valence electrons. The Bertz CT molecular complexity index is 363. The van der Waals surface area contributed by atoms with E-state index in [1.807, 2.05) is 12.1 Å². The first-order chi connectivity index (χ1) is 8.31. The lowest BCUT2D eigenvalue weighted by Crippen LogP contribution is -2.43. The van der Waals surface area contributed by atoms with Crippen LogP contribution in [0.15, 0.2) is 24.3 Å². The average Bonchev–Trinajstić information content (AvgIpc) is 2.21. The summed E-state index contributed by atoms with van der Waals surface area (Å²) >= 11 is 5.90. The number of rotatable bonds is 4. The normalized spacial score (nSPS) is 28.5. The van der Waals surface area contributed by atoms with Crippen LogP contribution in [-0.2, 0) is 0 Å². The fourth-order valence-electron chi connectivity index (χ4n) is 2.82. The van der Waals surface area contributed by atoms with Gasteiger partial charge in [-0.1, -0.05) is 30.2 Å². The summed E-state index contributed by atoms with van der Waals surface area (Å²) in [6, 6.07) is 9.12. The molecule has 0 unspecified atom stereocenters. The van der Waals surface area contributed by atoms with E-state index in [0.717, 1.165) is 22.9 Å². The van der Waals surface area contributed by atoms with Crippen LogP contribution in [0.5, 0.6) is 0 Å². The lowest BCUT2D eigenvalue weighted by Gasteiger charge is -2.38. The van der Waals surface area contributed by atoms with Crippen molar-refractivity contribution in [3.63, 3.8) is 0 Å². The maximum Gasteiger partial charge on any atom is 0.0406 e. The van der Waals surface area contributed by atoms with Crippen LogP contribution in [-0.4, -0.2) is 12.6 Å². The van der Waals surface area contributed by atoms with Gasteiger partial charge in [0.25, 0.3) is 0 Å². The van der Waals surface area contributed by atoms with Gasteiger partial charge >= 0.3 is 0 Å². The molecule has 1 aromatic rings. The van der Waals surface area contributed by atoms with E-state index in [1.165, 1.54) is 44.2 Å². The average molecular weight is 250 g/mol. The third kappa shape index (κ3) is 2.66. The van der Waals surface area contributed by atoms with Gasteiger partial charge < -0.3 is 5.32 Å². The molecule has 0 radical (unpaired) electrons. The monoisotopic (exact) mass is 249 g/mol. The van der Waals surface area contributed by atoms with Gasteiger partial charge in [-0.2, -0.15) is 0 Å². The topological polar surface area (TPSA) is 12.0 Å². The van der Waals surface area contributed by atoms with Gasteiger partial charge in [-0.25, -0.2) is 0 Å². The van der Waals surface area contributed by atoms with Crippen molar-refractivity contribution in [3.8, 4) is 0 Å². The van der Waals surface area contributed by atoms with Crippen molar-refractivity contribution in [1.29, 1.82) is 0 Å². The molecule has 0 spiro atoms. The third-order valence-corrected chi connectivity index (χ3v) is 4.65. The fraction of sp³-hybridized carbons (Fsp3) is 0.600. The van der Waals surface area contributed by atoms with Gasteiger partial charge in [-0.3, -0.25) is 0 Å². The highest BCUT2D eigenvalue weighted by Crippen LogP contribution is 2.37. The molecule has 2 saturated carbocycles. The Kier molecular flexibility index (Phi) is 3.39. The maximum atomic E-state index is 5.90. The molecule has 0 aliphatic heterocycles.